The molecule has 120 valence electrons. The zero-order valence-corrected chi connectivity index (χ0v) is 13.3. The molecule has 0 heterocycles. The van der Waals surface area contributed by atoms with Crippen molar-refractivity contribution in [3.05, 3.63) is 35.4 Å². The Kier molecular flexibility index (Phi) is 5.22. The molecule has 1 aliphatic rings. The van der Waals surface area contributed by atoms with Gasteiger partial charge in [-0.2, -0.15) is 0 Å². The fraction of sp³-hybridized carbons (Fsp3) is 0.556. The molecule has 1 N–H and O–H groups in total. The molecule has 1 aromatic rings. The Hall–Kier alpha value is -1.84. The smallest absolute Gasteiger partial charge is 0.338 e. The molecule has 0 aromatic heterocycles. The van der Waals surface area contributed by atoms with Crippen molar-refractivity contribution in [1.82, 2.24) is 0 Å². The van der Waals surface area contributed by atoms with Crippen LogP contribution in [0.2, 0.25) is 0 Å². The van der Waals surface area contributed by atoms with E-state index in [1.54, 1.807) is 12.1 Å². The van der Waals surface area contributed by atoms with Gasteiger partial charge in [0.1, 0.15) is 11.5 Å². The molecule has 0 saturated heterocycles. The summed E-state index contributed by atoms with van der Waals surface area (Å²) in [7, 11) is 0. The Morgan fingerprint density at radius 1 is 1.41 bits per heavy atom. The molecule has 0 spiro atoms. The molecule has 1 saturated carbocycles. The van der Waals surface area contributed by atoms with Crippen LogP contribution in [0.25, 0.3) is 0 Å². The van der Waals surface area contributed by atoms with Gasteiger partial charge in [-0.25, -0.2) is 4.79 Å². The summed E-state index contributed by atoms with van der Waals surface area (Å²) in [5, 5.41) is 9.70. The molecule has 2 atom stereocenters. The van der Waals surface area contributed by atoms with E-state index in [2.05, 4.69) is 0 Å². The lowest BCUT2D eigenvalue weighted by Crippen LogP contribution is -2.41. The highest BCUT2D eigenvalue weighted by molar-refractivity contribution is 5.90. The largest absolute Gasteiger partial charge is 0.481 e. The minimum absolute atomic E-state index is 0.419. The molecule has 22 heavy (non-hydrogen) atoms. The first-order valence-corrected chi connectivity index (χ1v) is 8.00. The first-order chi connectivity index (χ1) is 10.5. The van der Waals surface area contributed by atoms with Crippen LogP contribution in [0.5, 0.6) is 0 Å². The maximum Gasteiger partial charge on any atom is 0.338 e. The van der Waals surface area contributed by atoms with Crippen LogP contribution in [0, 0.1) is 12.3 Å². The Labute approximate surface area is 131 Å². The number of benzene rings is 1. The van der Waals surface area contributed by atoms with Gasteiger partial charge < -0.3 is 9.84 Å². The highest BCUT2D eigenvalue weighted by Gasteiger charge is 2.50. The second kappa shape index (κ2) is 6.95. The lowest BCUT2D eigenvalue weighted by Gasteiger charge is -2.30. The fourth-order valence-electron chi connectivity index (χ4n) is 3.31. The van der Waals surface area contributed by atoms with Crippen molar-refractivity contribution in [2.24, 2.45) is 5.41 Å². The van der Waals surface area contributed by atoms with Gasteiger partial charge in [0.15, 0.2) is 0 Å². The predicted molar refractivity (Wildman–Crippen MR) is 83.8 cm³/mol. The van der Waals surface area contributed by atoms with Gasteiger partial charge in [0, 0.05) is 0 Å². The monoisotopic (exact) mass is 304 g/mol. The molecule has 4 nitrogen and oxygen atoms in total. The number of carboxylic acids is 1. The van der Waals surface area contributed by atoms with Gasteiger partial charge in [-0.15, -0.1) is 0 Å². The molecular formula is C18H24O4. The summed E-state index contributed by atoms with van der Waals surface area (Å²) in [5.41, 5.74) is 0.563. The van der Waals surface area contributed by atoms with Gasteiger partial charge >= 0.3 is 11.9 Å². The number of carboxylic acid groups (broad SMARTS) is 1. The van der Waals surface area contributed by atoms with Crippen LogP contribution < -0.4 is 0 Å². The third-order valence-electron chi connectivity index (χ3n) is 4.61. The molecule has 4 heteroatoms. The highest BCUT2D eigenvalue weighted by Crippen LogP contribution is 2.45. The van der Waals surface area contributed by atoms with Crippen LogP contribution in [0.15, 0.2) is 24.3 Å². The summed E-state index contributed by atoms with van der Waals surface area (Å²) in [4.78, 5) is 24.1. The number of hydrogen-bond donors (Lipinski definition) is 1. The maximum absolute atomic E-state index is 12.3. The number of aliphatic carboxylic acids is 1. The van der Waals surface area contributed by atoms with Crippen LogP contribution in [0.3, 0.4) is 0 Å². The van der Waals surface area contributed by atoms with Gasteiger partial charge in [-0.1, -0.05) is 37.5 Å². The number of esters is 1. The van der Waals surface area contributed by atoms with Crippen molar-refractivity contribution < 1.29 is 19.4 Å². The van der Waals surface area contributed by atoms with Crippen LogP contribution in [-0.4, -0.2) is 23.1 Å². The van der Waals surface area contributed by atoms with Crippen LogP contribution >= 0.6 is 0 Å². The Morgan fingerprint density at radius 2 is 2.18 bits per heavy atom. The third-order valence-corrected chi connectivity index (χ3v) is 4.61. The Morgan fingerprint density at radius 3 is 2.82 bits per heavy atom. The number of carbonyl (C=O) groups excluding carboxylic acids is 1. The second-order valence-corrected chi connectivity index (χ2v) is 6.22. The minimum atomic E-state index is -0.907. The van der Waals surface area contributed by atoms with Crippen LogP contribution in [0.1, 0.15) is 61.4 Å². The van der Waals surface area contributed by atoms with Gasteiger partial charge in [0.05, 0.1) is 5.56 Å². The van der Waals surface area contributed by atoms with Crippen molar-refractivity contribution >= 4 is 11.9 Å². The summed E-state index contributed by atoms with van der Waals surface area (Å²) < 4.78 is 5.61. The van der Waals surface area contributed by atoms with Crippen LogP contribution in [-0.2, 0) is 9.53 Å². The average molecular weight is 304 g/mol. The van der Waals surface area contributed by atoms with E-state index in [1.807, 2.05) is 26.0 Å². The molecule has 1 aromatic carbocycles. The van der Waals surface area contributed by atoms with Gasteiger partial charge in [0.2, 0.25) is 0 Å². The second-order valence-electron chi connectivity index (χ2n) is 6.22. The van der Waals surface area contributed by atoms with E-state index in [0.29, 0.717) is 24.8 Å². The summed E-state index contributed by atoms with van der Waals surface area (Å²) in [6, 6.07) is 7.20. The van der Waals surface area contributed by atoms with E-state index in [-0.39, 0.29) is 0 Å². The molecule has 1 aliphatic carbocycles. The number of carbonyl (C=O) groups is 2. The average Bonchev–Trinajstić information content (AvgIpc) is 2.89. The van der Waals surface area contributed by atoms with E-state index in [1.165, 1.54) is 0 Å². The summed E-state index contributed by atoms with van der Waals surface area (Å²) in [5.74, 6) is -1.25. The zero-order valence-electron chi connectivity index (χ0n) is 13.3. The van der Waals surface area contributed by atoms with E-state index in [4.69, 9.17) is 4.74 Å². The molecular weight excluding hydrogens is 280 g/mol. The Balaban J connectivity index is 2.15. The van der Waals surface area contributed by atoms with E-state index in [9.17, 15) is 14.7 Å². The summed E-state index contributed by atoms with van der Waals surface area (Å²) >= 11 is 0. The number of aryl methyl sites for hydroxylation is 1. The van der Waals surface area contributed by atoms with Gasteiger partial charge in [-0.05, 0) is 44.7 Å². The molecule has 0 amide bonds. The normalized spacial score (nSPS) is 24.2. The van der Waals surface area contributed by atoms with Crippen molar-refractivity contribution in [1.29, 1.82) is 0 Å². The SMILES string of the molecule is CCCCC1(C(=O)O)CCCC1OC(=O)c1cccc(C)c1. The quantitative estimate of drug-likeness (QED) is 0.808. The topological polar surface area (TPSA) is 63.6 Å². The summed E-state index contributed by atoms with van der Waals surface area (Å²) in [6.07, 6.45) is 3.84. The van der Waals surface area contributed by atoms with Crippen molar-refractivity contribution in [3.63, 3.8) is 0 Å². The number of ether oxygens (including phenoxy) is 1. The van der Waals surface area contributed by atoms with Crippen molar-refractivity contribution in [2.75, 3.05) is 0 Å². The lowest BCUT2D eigenvalue weighted by molar-refractivity contribution is -0.155. The fourth-order valence-corrected chi connectivity index (χ4v) is 3.31. The van der Waals surface area contributed by atoms with Crippen molar-refractivity contribution in [2.45, 2.75) is 58.5 Å². The molecule has 2 unspecified atom stereocenters. The van der Waals surface area contributed by atoms with Crippen LogP contribution in [0.4, 0.5) is 0 Å². The predicted octanol–water partition coefficient (Wildman–Crippen LogP) is 3.97. The summed E-state index contributed by atoms with van der Waals surface area (Å²) in [6.45, 7) is 3.95. The molecule has 2 rings (SSSR count). The number of rotatable bonds is 6. The molecule has 1 fully saturated rings. The van der Waals surface area contributed by atoms with E-state index in [0.717, 1.165) is 24.8 Å². The zero-order chi connectivity index (χ0) is 16.2. The Bertz CT molecular complexity index is 552. The lowest BCUT2D eigenvalue weighted by atomic mass is 9.79. The number of hydrogen-bond acceptors (Lipinski definition) is 3. The van der Waals surface area contributed by atoms with Crippen molar-refractivity contribution in [3.8, 4) is 0 Å². The standard InChI is InChI=1S/C18H24O4/c1-3-4-10-18(17(20)21)11-6-9-15(18)22-16(19)14-8-5-7-13(2)12-14/h5,7-8,12,15H,3-4,6,9-11H2,1-2H3,(H,20,21). The van der Waals surface area contributed by atoms with E-state index >= 15 is 0 Å². The molecule has 0 radical (unpaired) electrons. The van der Waals surface area contributed by atoms with Gasteiger partial charge in [0.25, 0.3) is 0 Å². The maximum atomic E-state index is 12.3. The van der Waals surface area contributed by atoms with Gasteiger partial charge in [-0.3, -0.25) is 4.79 Å². The van der Waals surface area contributed by atoms with E-state index < -0.39 is 23.5 Å². The first kappa shape index (κ1) is 16.5. The first-order valence-electron chi connectivity index (χ1n) is 8.00. The highest BCUT2D eigenvalue weighted by atomic mass is 16.5. The number of unbranched alkanes of at least 4 members (excludes halogenated alkanes) is 1. The molecule has 0 bridgehead atoms. The third kappa shape index (κ3) is 3.32. The molecule has 0 aliphatic heterocycles. The minimum Gasteiger partial charge on any atom is -0.481 e.